The molecule has 0 radical (unpaired) electrons. The average molecular weight is 374 g/mol. The van der Waals surface area contributed by atoms with Crippen molar-refractivity contribution >= 4 is 11.0 Å². The third kappa shape index (κ3) is 2.75. The van der Waals surface area contributed by atoms with Gasteiger partial charge in [0.1, 0.15) is 11.1 Å². The van der Waals surface area contributed by atoms with Crippen LogP contribution in [0.1, 0.15) is 0 Å². The Bertz CT molecular complexity index is 1050. The maximum absolute atomic E-state index is 13.0. The Morgan fingerprint density at radius 2 is 1.37 bits per heavy atom. The zero-order chi connectivity index (χ0) is 19.7. The average Bonchev–Trinajstić information content (AvgIpc) is 2.68. The lowest BCUT2D eigenvalue weighted by atomic mass is 10.1. The monoisotopic (exact) mass is 374 g/mol. The van der Waals surface area contributed by atoms with Crippen LogP contribution in [0.5, 0.6) is 34.5 Å². The van der Waals surface area contributed by atoms with E-state index in [1.807, 2.05) is 0 Å². The molecule has 27 heavy (non-hydrogen) atoms. The molecule has 3 aromatic rings. The molecule has 0 saturated carbocycles. The highest BCUT2D eigenvalue weighted by Gasteiger charge is 2.28. The molecule has 0 atom stereocenters. The van der Waals surface area contributed by atoms with Crippen LogP contribution in [0, 0.1) is 0 Å². The molecule has 0 amide bonds. The van der Waals surface area contributed by atoms with Crippen molar-refractivity contribution < 1.29 is 33.6 Å². The molecule has 0 saturated heterocycles. The van der Waals surface area contributed by atoms with Crippen LogP contribution in [-0.4, -0.2) is 38.7 Å². The Morgan fingerprint density at radius 3 is 1.89 bits per heavy atom. The van der Waals surface area contributed by atoms with Gasteiger partial charge in [-0.1, -0.05) is 0 Å². The van der Waals surface area contributed by atoms with Crippen LogP contribution in [0.3, 0.4) is 0 Å². The zero-order valence-electron chi connectivity index (χ0n) is 15.2. The first-order valence-corrected chi connectivity index (χ1v) is 7.83. The third-order valence-corrected chi connectivity index (χ3v) is 4.12. The Hall–Kier alpha value is -3.55. The van der Waals surface area contributed by atoms with Gasteiger partial charge < -0.3 is 33.6 Å². The summed E-state index contributed by atoms with van der Waals surface area (Å²) in [6, 6.07) is 6.75. The van der Waals surface area contributed by atoms with Gasteiger partial charge in [-0.05, 0) is 24.3 Å². The van der Waals surface area contributed by atoms with Crippen molar-refractivity contribution in [3.63, 3.8) is 0 Å². The van der Waals surface area contributed by atoms with Gasteiger partial charge in [0, 0.05) is 5.56 Å². The largest absolute Gasteiger partial charge is 0.504 e. The third-order valence-electron chi connectivity index (χ3n) is 4.12. The number of rotatable bonds is 5. The van der Waals surface area contributed by atoms with E-state index in [0.717, 1.165) is 0 Å². The predicted octanol–water partition coefficient (Wildman–Crippen LogP) is 2.91. The SMILES string of the molecule is COc1ccc(-c2oc3c(OC)c(O)c(OC)c(O)c3c(=O)c2OC)cc1. The number of benzene rings is 2. The molecule has 0 aliphatic carbocycles. The van der Waals surface area contributed by atoms with E-state index in [2.05, 4.69) is 0 Å². The van der Waals surface area contributed by atoms with E-state index in [1.165, 1.54) is 28.4 Å². The van der Waals surface area contributed by atoms with Crippen LogP contribution in [0.15, 0.2) is 33.5 Å². The maximum atomic E-state index is 13.0. The minimum Gasteiger partial charge on any atom is -0.504 e. The van der Waals surface area contributed by atoms with Gasteiger partial charge in [-0.2, -0.15) is 0 Å². The van der Waals surface area contributed by atoms with Gasteiger partial charge in [-0.3, -0.25) is 4.79 Å². The molecule has 1 heterocycles. The number of ether oxygens (including phenoxy) is 4. The summed E-state index contributed by atoms with van der Waals surface area (Å²) in [5.41, 5.74) is -0.243. The van der Waals surface area contributed by atoms with Crippen molar-refractivity contribution in [1.82, 2.24) is 0 Å². The second kappa shape index (κ2) is 6.99. The second-order valence-electron chi connectivity index (χ2n) is 5.49. The molecule has 0 aliphatic heterocycles. The molecule has 0 unspecified atom stereocenters. The minimum atomic E-state index is -0.640. The lowest BCUT2D eigenvalue weighted by Gasteiger charge is -2.15. The summed E-state index contributed by atoms with van der Waals surface area (Å²) in [6.07, 6.45) is 0. The van der Waals surface area contributed by atoms with Crippen LogP contribution in [0.4, 0.5) is 0 Å². The van der Waals surface area contributed by atoms with E-state index < -0.39 is 16.9 Å². The minimum absolute atomic E-state index is 0.111. The highest BCUT2D eigenvalue weighted by atomic mass is 16.5. The van der Waals surface area contributed by atoms with Gasteiger partial charge >= 0.3 is 0 Å². The molecule has 3 rings (SSSR count). The van der Waals surface area contributed by atoms with Crippen LogP contribution in [-0.2, 0) is 0 Å². The Morgan fingerprint density at radius 1 is 0.778 bits per heavy atom. The number of phenolic OH excluding ortho intramolecular Hbond substituents is 2. The molecule has 1 aromatic heterocycles. The Kier molecular flexibility index (Phi) is 4.72. The molecule has 142 valence electrons. The lowest BCUT2D eigenvalue weighted by molar-refractivity contribution is 0.322. The fourth-order valence-corrected chi connectivity index (χ4v) is 2.83. The van der Waals surface area contributed by atoms with Gasteiger partial charge in [0.15, 0.2) is 17.1 Å². The first-order valence-electron chi connectivity index (χ1n) is 7.83. The first kappa shape index (κ1) is 18.2. The molecule has 0 bridgehead atoms. The fraction of sp³-hybridized carbons (Fsp3) is 0.211. The quantitative estimate of drug-likeness (QED) is 0.702. The van der Waals surface area contributed by atoms with Crippen LogP contribution in [0.2, 0.25) is 0 Å². The summed E-state index contributed by atoms with van der Waals surface area (Å²) in [5, 5.41) is 20.5. The fourth-order valence-electron chi connectivity index (χ4n) is 2.83. The topological polar surface area (TPSA) is 108 Å². The summed E-state index contributed by atoms with van der Waals surface area (Å²) >= 11 is 0. The van der Waals surface area contributed by atoms with Gasteiger partial charge in [0.2, 0.25) is 28.4 Å². The number of hydrogen-bond donors (Lipinski definition) is 2. The van der Waals surface area contributed by atoms with E-state index in [1.54, 1.807) is 24.3 Å². The normalized spacial score (nSPS) is 10.7. The maximum Gasteiger partial charge on any atom is 0.239 e. The van der Waals surface area contributed by atoms with Crippen LogP contribution >= 0.6 is 0 Å². The smallest absolute Gasteiger partial charge is 0.239 e. The highest BCUT2D eigenvalue weighted by Crippen LogP contribution is 2.50. The number of aromatic hydroxyl groups is 2. The molecule has 0 spiro atoms. The van der Waals surface area contributed by atoms with Crippen molar-refractivity contribution in [3.05, 3.63) is 34.5 Å². The van der Waals surface area contributed by atoms with E-state index in [4.69, 9.17) is 23.4 Å². The van der Waals surface area contributed by atoms with E-state index >= 15 is 0 Å². The molecule has 8 heteroatoms. The number of fused-ring (bicyclic) bond motifs is 1. The van der Waals surface area contributed by atoms with Crippen molar-refractivity contribution in [2.75, 3.05) is 28.4 Å². The number of phenols is 2. The predicted molar refractivity (Wildman–Crippen MR) is 97.5 cm³/mol. The van der Waals surface area contributed by atoms with Gasteiger partial charge in [0.25, 0.3) is 0 Å². The van der Waals surface area contributed by atoms with Gasteiger partial charge in [-0.25, -0.2) is 0 Å². The Labute approximate surface area is 154 Å². The molecule has 0 aliphatic rings. The van der Waals surface area contributed by atoms with Crippen molar-refractivity contribution in [1.29, 1.82) is 0 Å². The molecular weight excluding hydrogens is 356 g/mol. The summed E-state index contributed by atoms with van der Waals surface area (Å²) in [7, 11) is 5.39. The van der Waals surface area contributed by atoms with Crippen LogP contribution < -0.4 is 24.4 Å². The molecule has 8 nitrogen and oxygen atoms in total. The summed E-state index contributed by atoms with van der Waals surface area (Å²) in [4.78, 5) is 13.0. The number of methoxy groups -OCH3 is 4. The standard InChI is InChI=1S/C19H18O8/c1-23-10-7-5-9(6-8-10)15-18(25-3)13(21)11-12(20)17(24-2)14(22)19(26-4)16(11)27-15/h5-8,20,22H,1-4H3. The van der Waals surface area contributed by atoms with Crippen molar-refractivity contribution in [2.24, 2.45) is 0 Å². The Balaban J connectivity index is 2.44. The zero-order valence-corrected chi connectivity index (χ0v) is 15.2. The molecule has 2 aromatic carbocycles. The second-order valence-corrected chi connectivity index (χ2v) is 5.49. The summed E-state index contributed by atoms with van der Waals surface area (Å²) < 4.78 is 26.4. The summed E-state index contributed by atoms with van der Waals surface area (Å²) in [5.74, 6) is -0.880. The van der Waals surface area contributed by atoms with E-state index in [0.29, 0.717) is 11.3 Å². The van der Waals surface area contributed by atoms with Crippen molar-refractivity contribution in [3.8, 4) is 45.8 Å². The first-order chi connectivity index (χ1) is 13.0. The van der Waals surface area contributed by atoms with Gasteiger partial charge in [0.05, 0.1) is 28.4 Å². The summed E-state index contributed by atoms with van der Waals surface area (Å²) in [6.45, 7) is 0. The molecule has 2 N–H and O–H groups in total. The molecule has 0 fully saturated rings. The number of hydrogen-bond acceptors (Lipinski definition) is 8. The van der Waals surface area contributed by atoms with Crippen molar-refractivity contribution in [2.45, 2.75) is 0 Å². The van der Waals surface area contributed by atoms with E-state index in [9.17, 15) is 15.0 Å². The highest BCUT2D eigenvalue weighted by molar-refractivity contribution is 5.96. The van der Waals surface area contributed by atoms with Gasteiger partial charge in [-0.15, -0.1) is 0 Å². The molecular formula is C19H18O8. The van der Waals surface area contributed by atoms with E-state index in [-0.39, 0.29) is 34.0 Å². The van der Waals surface area contributed by atoms with Crippen LogP contribution in [0.25, 0.3) is 22.3 Å². The lowest BCUT2D eigenvalue weighted by Crippen LogP contribution is -2.09.